The molecule has 0 saturated carbocycles. The van der Waals surface area contributed by atoms with Gasteiger partial charge in [0, 0.05) is 4.90 Å². The Morgan fingerprint density at radius 1 is 1.30 bits per heavy atom. The van der Waals surface area contributed by atoms with Crippen LogP contribution in [-0.4, -0.2) is 19.4 Å². The van der Waals surface area contributed by atoms with Crippen LogP contribution in [0.15, 0.2) is 55.9 Å². The first-order chi connectivity index (χ1) is 9.67. The number of amides is 1. The van der Waals surface area contributed by atoms with Gasteiger partial charge in [-0.05, 0) is 31.2 Å². The number of hydrogen-bond donors (Lipinski definition) is 1. The van der Waals surface area contributed by atoms with Crippen molar-refractivity contribution in [3.05, 3.63) is 47.7 Å². The van der Waals surface area contributed by atoms with Gasteiger partial charge in [0.1, 0.15) is 5.76 Å². The molecule has 1 aromatic carbocycles. The highest BCUT2D eigenvalue weighted by Crippen LogP contribution is 2.28. The molecule has 1 N–H and O–H groups in total. The average Bonchev–Trinajstić information content (AvgIpc) is 2.89. The second kappa shape index (κ2) is 6.81. The molecule has 1 amide bonds. The Kier molecular flexibility index (Phi) is 4.84. The zero-order valence-electron chi connectivity index (χ0n) is 11.1. The smallest absolute Gasteiger partial charge is 0.427 e. The van der Waals surface area contributed by atoms with Crippen molar-refractivity contribution in [2.24, 2.45) is 5.10 Å². The van der Waals surface area contributed by atoms with E-state index < -0.39 is 6.09 Å². The number of hydrazone groups is 1. The third-order valence-corrected chi connectivity index (χ3v) is 3.30. The fourth-order valence-corrected chi connectivity index (χ4v) is 2.15. The number of ether oxygens (including phenoxy) is 1. The second-order valence-electron chi connectivity index (χ2n) is 3.93. The summed E-state index contributed by atoms with van der Waals surface area (Å²) in [7, 11) is 1.27. The first-order valence-electron chi connectivity index (χ1n) is 5.89. The number of rotatable bonds is 4. The maximum atomic E-state index is 10.8. The minimum absolute atomic E-state index is 0.552. The number of aryl methyl sites for hydroxylation is 1. The van der Waals surface area contributed by atoms with Gasteiger partial charge in [-0.2, -0.15) is 5.10 Å². The van der Waals surface area contributed by atoms with Gasteiger partial charge in [0.25, 0.3) is 0 Å². The molecule has 0 atom stereocenters. The van der Waals surface area contributed by atoms with Crippen molar-refractivity contribution >= 4 is 24.1 Å². The molecule has 20 heavy (non-hydrogen) atoms. The summed E-state index contributed by atoms with van der Waals surface area (Å²) in [6.07, 6.45) is 0.790. The maximum Gasteiger partial charge on any atom is 0.427 e. The molecule has 1 aromatic heterocycles. The van der Waals surface area contributed by atoms with Crippen molar-refractivity contribution in [3.63, 3.8) is 0 Å². The summed E-state index contributed by atoms with van der Waals surface area (Å²) in [5.41, 5.74) is 3.41. The summed E-state index contributed by atoms with van der Waals surface area (Å²) < 4.78 is 9.94. The Labute approximate surface area is 121 Å². The Bertz CT molecular complexity index is 605. The second-order valence-corrected chi connectivity index (χ2v) is 5.01. The molecule has 0 unspecified atom stereocenters. The number of benzene rings is 1. The number of furan rings is 1. The van der Waals surface area contributed by atoms with Crippen molar-refractivity contribution < 1.29 is 13.9 Å². The van der Waals surface area contributed by atoms with Gasteiger partial charge in [-0.3, -0.25) is 0 Å². The van der Waals surface area contributed by atoms with E-state index in [2.05, 4.69) is 15.3 Å². The SMILES string of the molecule is COC(=O)N/N=C\c1ccc(Sc2ccc(C)cc2)o1. The first kappa shape index (κ1) is 14.2. The molecule has 1 heterocycles. The lowest BCUT2D eigenvalue weighted by atomic mass is 10.2. The lowest BCUT2D eigenvalue weighted by Crippen LogP contribution is -2.16. The van der Waals surface area contributed by atoms with Crippen molar-refractivity contribution in [2.45, 2.75) is 16.9 Å². The third-order valence-electron chi connectivity index (χ3n) is 2.37. The van der Waals surface area contributed by atoms with E-state index in [0.29, 0.717) is 5.76 Å². The van der Waals surface area contributed by atoms with Gasteiger partial charge in [0.05, 0.1) is 13.3 Å². The lowest BCUT2D eigenvalue weighted by molar-refractivity contribution is 0.171. The average molecular weight is 290 g/mol. The van der Waals surface area contributed by atoms with E-state index in [9.17, 15) is 4.79 Å². The quantitative estimate of drug-likeness (QED) is 0.692. The molecule has 2 aromatic rings. The monoisotopic (exact) mass is 290 g/mol. The normalized spacial score (nSPS) is 10.7. The summed E-state index contributed by atoms with van der Waals surface area (Å²) in [4.78, 5) is 11.9. The van der Waals surface area contributed by atoms with Crippen LogP contribution in [0.1, 0.15) is 11.3 Å². The van der Waals surface area contributed by atoms with E-state index in [1.165, 1.54) is 30.6 Å². The van der Waals surface area contributed by atoms with Crippen molar-refractivity contribution in [1.82, 2.24) is 5.43 Å². The molecule has 2 rings (SSSR count). The number of nitrogens with zero attached hydrogens (tertiary/aromatic N) is 1. The minimum atomic E-state index is -0.623. The molecule has 6 heteroatoms. The van der Waals surface area contributed by atoms with Gasteiger partial charge in [-0.25, -0.2) is 10.2 Å². The largest absolute Gasteiger partial charge is 0.452 e. The lowest BCUT2D eigenvalue weighted by Gasteiger charge is -1.98. The molecule has 0 aliphatic rings. The molecule has 104 valence electrons. The Hall–Kier alpha value is -2.21. The fraction of sp³-hybridized carbons (Fsp3) is 0.143. The van der Waals surface area contributed by atoms with Gasteiger partial charge in [-0.1, -0.05) is 29.5 Å². The van der Waals surface area contributed by atoms with E-state index in [0.717, 1.165) is 9.99 Å². The summed E-state index contributed by atoms with van der Waals surface area (Å²) in [6, 6.07) is 11.8. The third kappa shape index (κ3) is 4.17. The first-order valence-corrected chi connectivity index (χ1v) is 6.70. The molecule has 0 radical (unpaired) electrons. The fourth-order valence-electron chi connectivity index (χ4n) is 1.38. The predicted octanol–water partition coefficient (Wildman–Crippen LogP) is 3.43. The van der Waals surface area contributed by atoms with Gasteiger partial charge in [0.15, 0.2) is 5.09 Å². The molecule has 5 nitrogen and oxygen atoms in total. The van der Waals surface area contributed by atoms with Crippen molar-refractivity contribution in [2.75, 3.05) is 7.11 Å². The molecule has 0 aliphatic carbocycles. The zero-order chi connectivity index (χ0) is 14.4. The van der Waals surface area contributed by atoms with Crippen LogP contribution in [0.5, 0.6) is 0 Å². The minimum Gasteiger partial charge on any atom is -0.452 e. The van der Waals surface area contributed by atoms with Crippen LogP contribution in [0, 0.1) is 6.92 Å². The molecule has 0 saturated heterocycles. The van der Waals surface area contributed by atoms with E-state index in [1.807, 2.05) is 37.3 Å². The van der Waals surface area contributed by atoms with E-state index >= 15 is 0 Å². The summed E-state index contributed by atoms with van der Waals surface area (Å²) in [5.74, 6) is 0.552. The topological polar surface area (TPSA) is 63.8 Å². The van der Waals surface area contributed by atoms with Gasteiger partial charge in [-0.15, -0.1) is 0 Å². The number of nitrogens with one attached hydrogen (secondary N) is 1. The Morgan fingerprint density at radius 2 is 2.05 bits per heavy atom. The highest BCUT2D eigenvalue weighted by Gasteiger charge is 2.03. The zero-order valence-corrected chi connectivity index (χ0v) is 11.9. The Morgan fingerprint density at radius 3 is 2.75 bits per heavy atom. The molecule has 0 spiro atoms. The molecular weight excluding hydrogens is 276 g/mol. The molecule has 0 aliphatic heterocycles. The summed E-state index contributed by atoms with van der Waals surface area (Å²) in [5, 5.41) is 4.45. The maximum absolute atomic E-state index is 10.8. The number of carbonyl (C=O) groups is 1. The molecular formula is C14H14N2O3S. The van der Waals surface area contributed by atoms with Crippen LogP contribution in [0.3, 0.4) is 0 Å². The van der Waals surface area contributed by atoms with Crippen LogP contribution in [0.4, 0.5) is 4.79 Å². The van der Waals surface area contributed by atoms with E-state index in [4.69, 9.17) is 4.42 Å². The standard InChI is InChI=1S/C14H14N2O3S/c1-10-3-6-12(7-4-10)20-13-8-5-11(19-13)9-15-16-14(17)18-2/h3-9H,1-2H3,(H,16,17)/b15-9-. The van der Waals surface area contributed by atoms with Crippen LogP contribution >= 0.6 is 11.8 Å². The number of hydrogen-bond acceptors (Lipinski definition) is 5. The summed E-state index contributed by atoms with van der Waals surface area (Å²) >= 11 is 1.52. The highest BCUT2D eigenvalue weighted by atomic mass is 32.2. The number of carbonyl (C=O) groups excluding carboxylic acids is 1. The van der Waals surface area contributed by atoms with Gasteiger partial charge in [0.2, 0.25) is 0 Å². The van der Waals surface area contributed by atoms with E-state index in [1.54, 1.807) is 6.07 Å². The van der Waals surface area contributed by atoms with Crippen molar-refractivity contribution in [1.29, 1.82) is 0 Å². The van der Waals surface area contributed by atoms with Crippen LogP contribution in [0.2, 0.25) is 0 Å². The number of methoxy groups -OCH3 is 1. The van der Waals surface area contributed by atoms with Crippen molar-refractivity contribution in [3.8, 4) is 0 Å². The Balaban J connectivity index is 1.95. The van der Waals surface area contributed by atoms with Crippen LogP contribution in [-0.2, 0) is 4.74 Å². The van der Waals surface area contributed by atoms with Gasteiger partial charge >= 0.3 is 6.09 Å². The molecule has 0 fully saturated rings. The van der Waals surface area contributed by atoms with Gasteiger partial charge < -0.3 is 9.15 Å². The van der Waals surface area contributed by atoms with Crippen LogP contribution < -0.4 is 5.43 Å². The van der Waals surface area contributed by atoms with Crippen LogP contribution in [0.25, 0.3) is 0 Å². The molecule has 0 bridgehead atoms. The highest BCUT2D eigenvalue weighted by molar-refractivity contribution is 7.99. The van der Waals surface area contributed by atoms with E-state index in [-0.39, 0.29) is 0 Å². The summed E-state index contributed by atoms with van der Waals surface area (Å²) in [6.45, 7) is 2.05. The predicted molar refractivity (Wildman–Crippen MR) is 77.1 cm³/mol.